The minimum absolute atomic E-state index is 0.179. The van der Waals surface area contributed by atoms with Gasteiger partial charge in [-0.05, 0) is 91.0 Å². The topological polar surface area (TPSA) is 60.4 Å². The molecule has 0 aromatic heterocycles. The van der Waals surface area contributed by atoms with Crippen LogP contribution in [-0.2, 0) is 10.1 Å². The van der Waals surface area contributed by atoms with Crippen LogP contribution in [0.5, 0.6) is 5.75 Å². The van der Waals surface area contributed by atoms with Gasteiger partial charge < -0.3 is 4.18 Å². The zero-order valence-corrected chi connectivity index (χ0v) is 25.9. The van der Waals surface area contributed by atoms with Crippen LogP contribution in [0.15, 0.2) is 141 Å². The standard InChI is InChI=1S/C20H12ClF3O4S2.C12H8F2S/c21-17-12-14(19(25)13-4-2-1-3-5-13)6-11-18(17)29-16-9-7-15(8-10-16)28-30(26,27)20(22,23)24;13-9-1-5-11(6-2-9)15-12-7-3-10(14)4-8-12/h1-12H;1-8H. The fourth-order valence-electron chi connectivity index (χ4n) is 3.49. The highest BCUT2D eigenvalue weighted by molar-refractivity contribution is 7.99. The van der Waals surface area contributed by atoms with Gasteiger partial charge in [-0.15, -0.1) is 0 Å². The van der Waals surface area contributed by atoms with Crippen molar-refractivity contribution in [2.75, 3.05) is 0 Å². The molecule has 0 amide bonds. The van der Waals surface area contributed by atoms with E-state index in [1.54, 1.807) is 66.7 Å². The minimum atomic E-state index is -5.72. The lowest BCUT2D eigenvalue weighted by Crippen LogP contribution is -2.27. The Hall–Kier alpha value is -3.84. The van der Waals surface area contributed by atoms with Gasteiger partial charge >= 0.3 is 15.6 Å². The molecule has 0 aliphatic rings. The van der Waals surface area contributed by atoms with Crippen molar-refractivity contribution < 1.29 is 39.3 Å². The SMILES string of the molecule is Fc1ccc(Sc2ccc(F)cc2)cc1.O=C(c1ccccc1)c1ccc(Sc2ccc(OS(=O)(=O)C(F)(F)F)cc2)c(Cl)c1. The van der Waals surface area contributed by atoms with E-state index in [9.17, 15) is 35.2 Å². The van der Waals surface area contributed by atoms with Crippen LogP contribution in [0.4, 0.5) is 22.0 Å². The lowest BCUT2D eigenvalue weighted by molar-refractivity contribution is -0.0500. The molecule has 0 heterocycles. The molecular weight excluding hydrogens is 675 g/mol. The molecule has 0 unspecified atom stereocenters. The molecule has 45 heavy (non-hydrogen) atoms. The molecule has 0 atom stereocenters. The first-order valence-electron chi connectivity index (χ1n) is 12.7. The summed E-state index contributed by atoms with van der Waals surface area (Å²) >= 11 is 8.94. The van der Waals surface area contributed by atoms with Crippen molar-refractivity contribution in [3.05, 3.63) is 149 Å². The minimum Gasteiger partial charge on any atom is -0.376 e. The number of carbonyl (C=O) groups excluding carboxylic acids is 1. The third-order valence-electron chi connectivity index (χ3n) is 5.63. The highest BCUT2D eigenvalue weighted by atomic mass is 35.5. The van der Waals surface area contributed by atoms with E-state index in [2.05, 4.69) is 4.18 Å². The zero-order valence-electron chi connectivity index (χ0n) is 22.7. The van der Waals surface area contributed by atoms with Crippen molar-refractivity contribution in [3.8, 4) is 5.75 Å². The third kappa shape index (κ3) is 9.82. The lowest BCUT2D eigenvalue weighted by atomic mass is 10.0. The van der Waals surface area contributed by atoms with E-state index in [4.69, 9.17) is 11.6 Å². The van der Waals surface area contributed by atoms with Gasteiger partial charge in [0, 0.05) is 30.7 Å². The second-order valence-corrected chi connectivity index (χ2v) is 13.1. The van der Waals surface area contributed by atoms with E-state index >= 15 is 0 Å². The largest absolute Gasteiger partial charge is 0.534 e. The van der Waals surface area contributed by atoms with Crippen LogP contribution in [0.2, 0.25) is 5.02 Å². The molecule has 5 aromatic rings. The average Bonchev–Trinajstić information content (AvgIpc) is 3.01. The zero-order chi connectivity index (χ0) is 32.6. The van der Waals surface area contributed by atoms with Gasteiger partial charge in [-0.3, -0.25) is 4.79 Å². The second-order valence-electron chi connectivity index (χ2n) is 8.91. The van der Waals surface area contributed by atoms with Gasteiger partial charge in [0.1, 0.15) is 17.4 Å². The summed E-state index contributed by atoms with van der Waals surface area (Å²) in [5, 5.41) is 0.321. The maximum absolute atomic E-state index is 12.6. The molecule has 0 aliphatic carbocycles. The summed E-state index contributed by atoms with van der Waals surface area (Å²) < 4.78 is 88.5. The fraction of sp³-hybridized carbons (Fsp3) is 0.0312. The molecule has 0 bridgehead atoms. The first-order chi connectivity index (χ1) is 21.3. The summed E-state index contributed by atoms with van der Waals surface area (Å²) in [4.78, 5) is 15.5. The molecular formula is C32H20ClF5O4S3. The Morgan fingerprint density at radius 1 is 0.644 bits per heavy atom. The van der Waals surface area contributed by atoms with E-state index in [1.807, 2.05) is 0 Å². The number of carbonyl (C=O) groups is 1. The normalized spacial score (nSPS) is 11.3. The summed E-state index contributed by atoms with van der Waals surface area (Å²) in [6, 6.07) is 30.9. The number of hydrogen-bond donors (Lipinski definition) is 0. The molecule has 4 nitrogen and oxygen atoms in total. The lowest BCUT2D eigenvalue weighted by Gasteiger charge is -2.10. The quantitative estimate of drug-likeness (QED) is 0.0698. The molecule has 0 saturated carbocycles. The van der Waals surface area contributed by atoms with Crippen LogP contribution in [-0.4, -0.2) is 19.7 Å². The highest BCUT2D eigenvalue weighted by Gasteiger charge is 2.48. The van der Waals surface area contributed by atoms with Crippen molar-refractivity contribution in [3.63, 3.8) is 0 Å². The van der Waals surface area contributed by atoms with E-state index in [0.29, 0.717) is 25.9 Å². The van der Waals surface area contributed by atoms with Crippen LogP contribution in [0.25, 0.3) is 0 Å². The summed E-state index contributed by atoms with van der Waals surface area (Å²) in [5.41, 5.74) is -4.57. The van der Waals surface area contributed by atoms with Crippen molar-refractivity contribution in [2.24, 2.45) is 0 Å². The molecule has 0 radical (unpaired) electrons. The maximum atomic E-state index is 12.6. The number of benzene rings is 5. The Bertz CT molecular complexity index is 1810. The van der Waals surface area contributed by atoms with Gasteiger partial charge in [-0.1, -0.05) is 65.5 Å². The first-order valence-corrected chi connectivity index (χ1v) is 16.1. The number of halogens is 6. The predicted octanol–water partition coefficient (Wildman–Crippen LogP) is 10.1. The Morgan fingerprint density at radius 3 is 1.62 bits per heavy atom. The Labute approximate surface area is 269 Å². The number of hydrogen-bond acceptors (Lipinski definition) is 6. The predicted molar refractivity (Wildman–Crippen MR) is 164 cm³/mol. The Kier molecular flexibility index (Phi) is 11.3. The monoisotopic (exact) mass is 694 g/mol. The Morgan fingerprint density at radius 2 is 1.13 bits per heavy atom. The summed E-state index contributed by atoms with van der Waals surface area (Å²) in [7, 11) is -5.72. The van der Waals surface area contributed by atoms with Crippen LogP contribution in [0, 0.1) is 11.6 Å². The van der Waals surface area contributed by atoms with E-state index < -0.39 is 21.4 Å². The molecule has 0 fully saturated rings. The van der Waals surface area contributed by atoms with Gasteiger partial charge in [-0.25, -0.2) is 8.78 Å². The molecule has 5 rings (SSSR count). The van der Waals surface area contributed by atoms with Gasteiger partial charge in [0.05, 0.1) is 5.02 Å². The smallest absolute Gasteiger partial charge is 0.376 e. The molecule has 5 aromatic carbocycles. The summed E-state index contributed by atoms with van der Waals surface area (Å²) in [6.07, 6.45) is 0. The molecule has 0 N–H and O–H groups in total. The third-order valence-corrected chi connectivity index (χ3v) is 9.14. The van der Waals surface area contributed by atoms with Crippen molar-refractivity contribution in [1.82, 2.24) is 0 Å². The highest BCUT2D eigenvalue weighted by Crippen LogP contribution is 2.36. The van der Waals surface area contributed by atoms with E-state index in [-0.39, 0.29) is 17.4 Å². The van der Waals surface area contributed by atoms with E-state index in [0.717, 1.165) is 21.9 Å². The molecule has 0 saturated heterocycles. The van der Waals surface area contributed by atoms with Crippen LogP contribution in [0.1, 0.15) is 15.9 Å². The summed E-state index contributed by atoms with van der Waals surface area (Å²) in [6.45, 7) is 0. The molecule has 0 aliphatic heterocycles. The van der Waals surface area contributed by atoms with Gasteiger partial charge in [-0.2, -0.15) is 21.6 Å². The van der Waals surface area contributed by atoms with Gasteiger partial charge in [0.15, 0.2) is 5.78 Å². The average molecular weight is 695 g/mol. The molecule has 0 spiro atoms. The Balaban J connectivity index is 0.000000256. The van der Waals surface area contributed by atoms with Gasteiger partial charge in [0.25, 0.3) is 0 Å². The molecule has 232 valence electrons. The van der Waals surface area contributed by atoms with Crippen LogP contribution in [0.3, 0.4) is 0 Å². The van der Waals surface area contributed by atoms with Gasteiger partial charge in [0.2, 0.25) is 0 Å². The van der Waals surface area contributed by atoms with Crippen molar-refractivity contribution >= 4 is 51.0 Å². The van der Waals surface area contributed by atoms with Crippen molar-refractivity contribution in [1.29, 1.82) is 0 Å². The fourth-order valence-corrected chi connectivity index (χ4v) is 5.88. The van der Waals surface area contributed by atoms with Crippen LogP contribution < -0.4 is 4.18 Å². The van der Waals surface area contributed by atoms with Crippen molar-refractivity contribution in [2.45, 2.75) is 25.1 Å². The summed E-state index contributed by atoms with van der Waals surface area (Å²) in [5.74, 6) is -1.15. The second kappa shape index (κ2) is 15.0. The number of rotatable bonds is 8. The van der Waals surface area contributed by atoms with E-state index in [1.165, 1.54) is 66.0 Å². The molecule has 13 heteroatoms. The maximum Gasteiger partial charge on any atom is 0.534 e. The number of ketones is 1. The number of alkyl halides is 3. The van der Waals surface area contributed by atoms with Crippen LogP contribution >= 0.6 is 35.1 Å². The first kappa shape index (κ1) is 34.0.